The van der Waals surface area contributed by atoms with Crippen molar-refractivity contribution in [3.05, 3.63) is 24.3 Å². The lowest BCUT2D eigenvalue weighted by Gasteiger charge is -2.05. The van der Waals surface area contributed by atoms with Crippen LogP contribution in [0.3, 0.4) is 0 Å². The third-order valence-corrected chi connectivity index (χ3v) is 2.30. The molecule has 0 heterocycles. The zero-order valence-electron chi connectivity index (χ0n) is 6.56. The predicted octanol–water partition coefficient (Wildman–Crippen LogP) is 0.329. The van der Waals surface area contributed by atoms with E-state index in [0.717, 1.165) is 0 Å². The molecule has 0 bridgehead atoms. The van der Waals surface area contributed by atoms with E-state index in [-0.39, 0.29) is 0 Å². The van der Waals surface area contributed by atoms with Gasteiger partial charge in [0.25, 0.3) is 0 Å². The van der Waals surface area contributed by atoms with E-state index in [1.165, 1.54) is 0 Å². The molecule has 0 amide bonds. The Morgan fingerprint density at radius 2 is 2.17 bits per heavy atom. The molecule has 0 aliphatic rings. The number of rotatable bonds is 3. The fourth-order valence-corrected chi connectivity index (χ4v) is 1.51. The Balaban J connectivity index is 3.00. The van der Waals surface area contributed by atoms with Crippen molar-refractivity contribution in [2.45, 2.75) is 4.90 Å². The van der Waals surface area contributed by atoms with Crippen LogP contribution in [-0.2, 0) is 10.8 Å². The van der Waals surface area contributed by atoms with Gasteiger partial charge in [-0.1, -0.05) is 12.1 Å². The second-order valence-electron chi connectivity index (χ2n) is 2.12. The zero-order valence-corrected chi connectivity index (χ0v) is 7.38. The summed E-state index contributed by atoms with van der Waals surface area (Å²) in [6, 6.07) is 6.84. The number of hydrogen-bond acceptors (Lipinski definition) is 3. The van der Waals surface area contributed by atoms with Crippen LogP contribution in [0.4, 0.5) is 0 Å². The smallest absolute Gasteiger partial charge is 0.537 e. The van der Waals surface area contributed by atoms with Crippen molar-refractivity contribution in [1.29, 1.82) is 0 Å². The quantitative estimate of drug-likeness (QED) is 0.686. The standard InChI is InChI=1S/C7H8BO3S/c1-12(10)7-5-3-2-4-6(7)11-8-9/h2-5,9H,1H3. The molecule has 0 fully saturated rings. The largest absolute Gasteiger partial charge is 0.569 e. The summed E-state index contributed by atoms with van der Waals surface area (Å²) in [6.45, 7) is 0. The highest BCUT2D eigenvalue weighted by Crippen LogP contribution is 2.19. The molecule has 0 spiro atoms. The van der Waals surface area contributed by atoms with E-state index < -0.39 is 10.8 Å². The molecule has 1 N–H and O–H groups in total. The van der Waals surface area contributed by atoms with Gasteiger partial charge in [-0.25, -0.2) is 0 Å². The van der Waals surface area contributed by atoms with E-state index in [1.54, 1.807) is 30.5 Å². The van der Waals surface area contributed by atoms with Gasteiger partial charge in [-0.2, -0.15) is 0 Å². The van der Waals surface area contributed by atoms with Crippen molar-refractivity contribution in [3.8, 4) is 5.75 Å². The molecule has 63 valence electrons. The molecule has 0 aliphatic heterocycles. The van der Waals surface area contributed by atoms with Gasteiger partial charge in [-0.05, 0) is 12.1 Å². The first-order chi connectivity index (χ1) is 5.75. The molecular weight excluding hydrogens is 175 g/mol. The van der Waals surface area contributed by atoms with Crippen LogP contribution in [0.25, 0.3) is 0 Å². The van der Waals surface area contributed by atoms with Gasteiger partial charge in [-0.3, -0.25) is 4.21 Å². The van der Waals surface area contributed by atoms with Gasteiger partial charge in [0.15, 0.2) is 0 Å². The Bertz CT molecular complexity index is 290. The predicted molar refractivity (Wildman–Crippen MR) is 47.4 cm³/mol. The van der Waals surface area contributed by atoms with Crippen LogP contribution >= 0.6 is 0 Å². The Kier molecular flexibility index (Phi) is 3.31. The van der Waals surface area contributed by atoms with Gasteiger partial charge in [0.05, 0.1) is 15.7 Å². The summed E-state index contributed by atoms with van der Waals surface area (Å²) in [4.78, 5) is 0.572. The van der Waals surface area contributed by atoms with Gasteiger partial charge in [0, 0.05) is 6.26 Å². The minimum atomic E-state index is -1.10. The Hall–Kier alpha value is -0.805. The molecule has 1 aromatic rings. The molecule has 0 saturated carbocycles. The summed E-state index contributed by atoms with van der Waals surface area (Å²) >= 11 is 0. The van der Waals surface area contributed by atoms with Crippen molar-refractivity contribution in [2.75, 3.05) is 6.26 Å². The summed E-state index contributed by atoms with van der Waals surface area (Å²) in [5, 5.41) is 8.38. The summed E-state index contributed by atoms with van der Waals surface area (Å²) in [6.07, 6.45) is 1.56. The van der Waals surface area contributed by atoms with Crippen molar-refractivity contribution < 1.29 is 13.9 Å². The Labute approximate surface area is 74.1 Å². The van der Waals surface area contributed by atoms with Crippen LogP contribution in [0.5, 0.6) is 5.75 Å². The molecule has 1 aromatic carbocycles. The summed E-state index contributed by atoms with van der Waals surface area (Å²) in [7, 11) is -0.523. The van der Waals surface area contributed by atoms with E-state index >= 15 is 0 Å². The van der Waals surface area contributed by atoms with E-state index in [0.29, 0.717) is 18.3 Å². The van der Waals surface area contributed by atoms with Crippen LogP contribution in [0.15, 0.2) is 29.2 Å². The molecule has 1 rings (SSSR count). The molecule has 3 nitrogen and oxygen atoms in total. The number of benzene rings is 1. The average molecular weight is 183 g/mol. The van der Waals surface area contributed by atoms with Gasteiger partial charge in [-0.15, -0.1) is 0 Å². The highest BCUT2D eigenvalue weighted by molar-refractivity contribution is 7.84. The summed E-state index contributed by atoms with van der Waals surface area (Å²) in [5.74, 6) is 0.417. The normalized spacial score (nSPS) is 12.2. The number of hydrogen-bond donors (Lipinski definition) is 1. The molecule has 12 heavy (non-hydrogen) atoms. The summed E-state index contributed by atoms with van der Waals surface area (Å²) < 4.78 is 15.8. The molecule has 0 saturated heterocycles. The van der Waals surface area contributed by atoms with Crippen LogP contribution in [0, 0.1) is 0 Å². The van der Waals surface area contributed by atoms with Crippen LogP contribution in [0.1, 0.15) is 0 Å². The first-order valence-electron chi connectivity index (χ1n) is 3.30. The second kappa shape index (κ2) is 4.28. The van der Waals surface area contributed by atoms with Gasteiger partial charge in [0.2, 0.25) is 0 Å². The highest BCUT2D eigenvalue weighted by atomic mass is 32.2. The Morgan fingerprint density at radius 3 is 2.75 bits per heavy atom. The maximum absolute atomic E-state index is 11.1. The third-order valence-electron chi connectivity index (χ3n) is 1.34. The first kappa shape index (κ1) is 9.28. The van der Waals surface area contributed by atoms with Crippen LogP contribution in [0.2, 0.25) is 0 Å². The average Bonchev–Trinajstić information content (AvgIpc) is 2.05. The van der Waals surface area contributed by atoms with Crippen molar-refractivity contribution in [1.82, 2.24) is 0 Å². The maximum atomic E-state index is 11.1. The van der Waals surface area contributed by atoms with E-state index in [1.807, 2.05) is 0 Å². The molecule has 1 radical (unpaired) electrons. The van der Waals surface area contributed by atoms with Crippen molar-refractivity contribution in [2.24, 2.45) is 0 Å². The first-order valence-corrected chi connectivity index (χ1v) is 4.86. The lowest BCUT2D eigenvalue weighted by molar-refractivity contribution is 0.447. The lowest BCUT2D eigenvalue weighted by atomic mass is 10.3. The lowest BCUT2D eigenvalue weighted by Crippen LogP contribution is -2.02. The fourth-order valence-electron chi connectivity index (χ4n) is 0.842. The van der Waals surface area contributed by atoms with Crippen molar-refractivity contribution in [3.63, 3.8) is 0 Å². The monoisotopic (exact) mass is 183 g/mol. The van der Waals surface area contributed by atoms with Gasteiger partial charge < -0.3 is 9.68 Å². The second-order valence-corrected chi connectivity index (χ2v) is 3.47. The zero-order chi connectivity index (χ0) is 8.97. The molecule has 5 heteroatoms. The summed E-state index contributed by atoms with van der Waals surface area (Å²) in [5.41, 5.74) is 0. The fraction of sp³-hybridized carbons (Fsp3) is 0.143. The Morgan fingerprint density at radius 1 is 1.50 bits per heavy atom. The van der Waals surface area contributed by atoms with E-state index in [2.05, 4.69) is 0 Å². The van der Waals surface area contributed by atoms with Crippen LogP contribution < -0.4 is 4.65 Å². The molecule has 1 unspecified atom stereocenters. The number of para-hydroxylation sites is 1. The van der Waals surface area contributed by atoms with E-state index in [4.69, 9.17) is 9.68 Å². The SMILES string of the molecule is CS(=O)c1ccccc1O[B]O. The van der Waals surface area contributed by atoms with Crippen molar-refractivity contribution >= 4 is 18.5 Å². The highest BCUT2D eigenvalue weighted by Gasteiger charge is 2.05. The molecule has 1 atom stereocenters. The maximum Gasteiger partial charge on any atom is 0.569 e. The topological polar surface area (TPSA) is 46.5 Å². The molecule has 0 aliphatic carbocycles. The van der Waals surface area contributed by atoms with Crippen LogP contribution in [-0.4, -0.2) is 23.2 Å². The van der Waals surface area contributed by atoms with Gasteiger partial charge in [0.1, 0.15) is 5.75 Å². The minimum Gasteiger partial charge on any atom is -0.537 e. The third kappa shape index (κ3) is 2.09. The molecular formula is C7H8BO3S. The molecule has 0 aromatic heterocycles. The minimum absolute atomic E-state index is 0.417. The van der Waals surface area contributed by atoms with E-state index in [9.17, 15) is 4.21 Å². The van der Waals surface area contributed by atoms with Gasteiger partial charge >= 0.3 is 7.69 Å².